The Morgan fingerprint density at radius 1 is 1.52 bits per heavy atom. The average molecular weight is 344 g/mol. The minimum absolute atomic E-state index is 0. The van der Waals surface area contributed by atoms with Gasteiger partial charge in [0.1, 0.15) is 0 Å². The van der Waals surface area contributed by atoms with E-state index in [1.54, 1.807) is 11.3 Å². The maximum absolute atomic E-state index is 11.7. The highest BCUT2D eigenvalue weighted by Crippen LogP contribution is 2.46. The summed E-state index contributed by atoms with van der Waals surface area (Å²) in [6, 6.07) is 0. The van der Waals surface area contributed by atoms with Gasteiger partial charge in [-0.1, -0.05) is 6.92 Å². The zero-order valence-electron chi connectivity index (χ0n) is 12.0. The highest BCUT2D eigenvalue weighted by molar-refractivity contribution is 8.01. The van der Waals surface area contributed by atoms with E-state index in [-0.39, 0.29) is 18.3 Å². The molecule has 0 aliphatic heterocycles. The second-order valence-electron chi connectivity index (χ2n) is 4.93. The van der Waals surface area contributed by atoms with E-state index in [1.165, 1.54) is 15.3 Å². The molecule has 4 nitrogen and oxygen atoms in total. The molecule has 0 spiro atoms. The molecule has 1 aliphatic rings. The summed E-state index contributed by atoms with van der Waals surface area (Å²) in [5.41, 5.74) is 10.3. The maximum Gasteiger partial charge on any atom is 0.259 e. The lowest BCUT2D eigenvalue weighted by molar-refractivity contribution is 0.100. The van der Waals surface area contributed by atoms with Crippen LogP contribution in [0.25, 0.3) is 11.3 Å². The van der Waals surface area contributed by atoms with Gasteiger partial charge in [0.2, 0.25) is 0 Å². The standard InChI is InChI=1S/C14H17N3OS2.ClH/c1-3-6-19-14-10-9(12(20-14)13(15)18)5-4-8-7-16-17(2)11(8)10;/h7H,3-6H2,1-2H3,(H2,15,18);1H. The van der Waals surface area contributed by atoms with Crippen LogP contribution in [0.3, 0.4) is 0 Å². The monoisotopic (exact) mass is 343 g/mol. The molecule has 0 bridgehead atoms. The number of halogens is 1. The number of fused-ring (bicyclic) bond motifs is 3. The number of aromatic nitrogens is 2. The summed E-state index contributed by atoms with van der Waals surface area (Å²) >= 11 is 3.36. The number of thioether (sulfide) groups is 1. The zero-order chi connectivity index (χ0) is 14.3. The van der Waals surface area contributed by atoms with E-state index < -0.39 is 0 Å². The van der Waals surface area contributed by atoms with Gasteiger partial charge >= 0.3 is 0 Å². The largest absolute Gasteiger partial charge is 0.365 e. The predicted molar refractivity (Wildman–Crippen MR) is 90.7 cm³/mol. The molecule has 114 valence electrons. The second kappa shape index (κ2) is 6.42. The highest BCUT2D eigenvalue weighted by Gasteiger charge is 2.29. The molecule has 2 aromatic rings. The van der Waals surface area contributed by atoms with Gasteiger partial charge in [-0.15, -0.1) is 35.5 Å². The molecule has 0 saturated heterocycles. The molecule has 0 atom stereocenters. The second-order valence-corrected chi connectivity index (χ2v) is 7.31. The molecule has 1 amide bonds. The minimum atomic E-state index is -0.305. The number of nitrogens with two attached hydrogens (primary N) is 1. The molecule has 2 N–H and O–H groups in total. The van der Waals surface area contributed by atoms with Crippen molar-refractivity contribution in [1.29, 1.82) is 0 Å². The van der Waals surface area contributed by atoms with Crippen molar-refractivity contribution < 1.29 is 4.79 Å². The molecule has 0 fully saturated rings. The summed E-state index contributed by atoms with van der Waals surface area (Å²) in [4.78, 5) is 12.4. The third kappa shape index (κ3) is 2.72. The number of aryl methyl sites for hydroxylation is 2. The SMILES string of the molecule is CCCSc1sc(C(N)=O)c2c1-c1c(cnn1C)CC2.Cl. The van der Waals surface area contributed by atoms with Gasteiger partial charge in [-0.25, -0.2) is 0 Å². The van der Waals surface area contributed by atoms with E-state index in [0.29, 0.717) is 0 Å². The minimum Gasteiger partial charge on any atom is -0.365 e. The molecule has 3 rings (SSSR count). The van der Waals surface area contributed by atoms with Gasteiger partial charge in [-0.05, 0) is 36.1 Å². The van der Waals surface area contributed by atoms with E-state index in [4.69, 9.17) is 5.73 Å². The highest BCUT2D eigenvalue weighted by atomic mass is 35.5. The fourth-order valence-electron chi connectivity index (χ4n) is 2.66. The summed E-state index contributed by atoms with van der Waals surface area (Å²) in [6.07, 6.45) is 4.87. The van der Waals surface area contributed by atoms with Gasteiger partial charge in [-0.2, -0.15) is 5.10 Å². The number of carbonyl (C=O) groups is 1. The first kappa shape index (κ1) is 16.4. The lowest BCUT2D eigenvalue weighted by Gasteiger charge is -2.15. The number of amides is 1. The molecule has 2 aromatic heterocycles. The number of nitrogens with zero attached hydrogens (tertiary/aromatic N) is 2. The van der Waals surface area contributed by atoms with Crippen molar-refractivity contribution in [2.45, 2.75) is 30.4 Å². The molecule has 2 heterocycles. The van der Waals surface area contributed by atoms with E-state index in [1.807, 2.05) is 29.7 Å². The van der Waals surface area contributed by atoms with Crippen molar-refractivity contribution in [3.8, 4) is 11.3 Å². The van der Waals surface area contributed by atoms with Crippen LogP contribution < -0.4 is 5.73 Å². The van der Waals surface area contributed by atoms with Crippen molar-refractivity contribution in [1.82, 2.24) is 9.78 Å². The van der Waals surface area contributed by atoms with Crippen molar-refractivity contribution in [3.63, 3.8) is 0 Å². The number of primary amides is 1. The van der Waals surface area contributed by atoms with Crippen LogP contribution in [0.4, 0.5) is 0 Å². The number of carbonyl (C=O) groups excluding carboxylic acids is 1. The average Bonchev–Trinajstić information content (AvgIpc) is 2.97. The molecule has 1 aliphatic carbocycles. The lowest BCUT2D eigenvalue weighted by Crippen LogP contribution is -2.13. The normalized spacial score (nSPS) is 12.5. The van der Waals surface area contributed by atoms with Crippen LogP contribution in [0, 0.1) is 0 Å². The van der Waals surface area contributed by atoms with E-state index in [0.717, 1.165) is 41.1 Å². The Morgan fingerprint density at radius 3 is 2.95 bits per heavy atom. The van der Waals surface area contributed by atoms with Crippen LogP contribution in [0.15, 0.2) is 10.4 Å². The Kier molecular flexibility index (Phi) is 5.01. The smallest absolute Gasteiger partial charge is 0.259 e. The van der Waals surface area contributed by atoms with Gasteiger partial charge in [0, 0.05) is 12.6 Å². The van der Waals surface area contributed by atoms with Crippen molar-refractivity contribution in [2.24, 2.45) is 12.8 Å². The van der Waals surface area contributed by atoms with Crippen LogP contribution in [-0.2, 0) is 19.9 Å². The van der Waals surface area contributed by atoms with Gasteiger partial charge in [0.25, 0.3) is 5.91 Å². The fourth-order valence-corrected chi connectivity index (χ4v) is 5.09. The quantitative estimate of drug-likeness (QED) is 0.867. The molecular weight excluding hydrogens is 326 g/mol. The first-order chi connectivity index (χ1) is 9.63. The maximum atomic E-state index is 11.7. The summed E-state index contributed by atoms with van der Waals surface area (Å²) in [5.74, 6) is 0.749. The van der Waals surface area contributed by atoms with Crippen LogP contribution in [0.1, 0.15) is 34.1 Å². The van der Waals surface area contributed by atoms with Crippen molar-refractivity contribution >= 4 is 41.4 Å². The summed E-state index contributed by atoms with van der Waals surface area (Å²) in [7, 11) is 1.96. The Bertz CT molecular complexity index is 678. The summed E-state index contributed by atoms with van der Waals surface area (Å²) in [5, 5.41) is 4.37. The van der Waals surface area contributed by atoms with Gasteiger partial charge < -0.3 is 5.73 Å². The van der Waals surface area contributed by atoms with Crippen LogP contribution in [0.5, 0.6) is 0 Å². The number of thiophene rings is 1. The third-order valence-corrected chi connectivity index (χ3v) is 6.25. The zero-order valence-corrected chi connectivity index (χ0v) is 14.5. The van der Waals surface area contributed by atoms with Crippen molar-refractivity contribution in [3.05, 3.63) is 22.2 Å². The predicted octanol–water partition coefficient (Wildman–Crippen LogP) is 3.27. The molecule has 7 heteroatoms. The Labute approximate surface area is 138 Å². The number of hydrogen-bond donors (Lipinski definition) is 1. The van der Waals surface area contributed by atoms with E-state index in [9.17, 15) is 4.79 Å². The van der Waals surface area contributed by atoms with E-state index in [2.05, 4.69) is 12.0 Å². The molecule has 21 heavy (non-hydrogen) atoms. The Balaban J connectivity index is 0.00000161. The molecular formula is C14H18ClN3OS2. The van der Waals surface area contributed by atoms with Crippen LogP contribution in [-0.4, -0.2) is 21.4 Å². The van der Waals surface area contributed by atoms with Crippen LogP contribution in [0.2, 0.25) is 0 Å². The summed E-state index contributed by atoms with van der Waals surface area (Å²) < 4.78 is 3.13. The lowest BCUT2D eigenvalue weighted by atomic mass is 9.92. The summed E-state index contributed by atoms with van der Waals surface area (Å²) in [6.45, 7) is 2.16. The van der Waals surface area contributed by atoms with Crippen LogP contribution >= 0.6 is 35.5 Å². The molecule has 0 radical (unpaired) electrons. The molecule has 0 aromatic carbocycles. The fraction of sp³-hybridized carbons (Fsp3) is 0.429. The van der Waals surface area contributed by atoms with Crippen molar-refractivity contribution in [2.75, 3.05) is 5.75 Å². The molecule has 0 unspecified atom stereocenters. The molecule has 0 saturated carbocycles. The number of hydrogen-bond acceptors (Lipinski definition) is 4. The Morgan fingerprint density at radius 2 is 2.29 bits per heavy atom. The first-order valence-electron chi connectivity index (χ1n) is 6.73. The van der Waals surface area contributed by atoms with E-state index >= 15 is 0 Å². The topological polar surface area (TPSA) is 60.9 Å². The van der Waals surface area contributed by atoms with Gasteiger partial charge in [-0.3, -0.25) is 9.48 Å². The van der Waals surface area contributed by atoms with Gasteiger partial charge in [0.05, 0.1) is 21.0 Å². The van der Waals surface area contributed by atoms with Gasteiger partial charge in [0.15, 0.2) is 0 Å². The first-order valence-corrected chi connectivity index (χ1v) is 8.53. The number of rotatable bonds is 4. The third-order valence-electron chi connectivity index (χ3n) is 3.53. The Hall–Kier alpha value is -0.980.